The van der Waals surface area contributed by atoms with E-state index < -0.39 is 0 Å². The van der Waals surface area contributed by atoms with Crippen LogP contribution in [0.4, 0.5) is 0 Å². The molecule has 0 saturated carbocycles. The molecule has 0 amide bonds. The van der Waals surface area contributed by atoms with E-state index in [1.54, 1.807) is 12.4 Å². The zero-order valence-electron chi connectivity index (χ0n) is 12.5. The minimum atomic E-state index is 0.838. The number of nitrogens with zero attached hydrogens (tertiary/aromatic N) is 2. The van der Waals surface area contributed by atoms with Crippen LogP contribution in [0.1, 0.15) is 22.8 Å². The Kier molecular flexibility index (Phi) is 3.48. The number of rotatable bonds is 4. The zero-order chi connectivity index (χ0) is 15.5. The third-order valence-electron chi connectivity index (χ3n) is 3.68. The van der Waals surface area contributed by atoms with Gasteiger partial charge in [-0.2, -0.15) is 0 Å². The van der Waals surface area contributed by atoms with Gasteiger partial charge < -0.3 is 9.97 Å². The molecule has 2 aromatic heterocycles. The van der Waals surface area contributed by atoms with Crippen LogP contribution in [0.5, 0.6) is 0 Å². The van der Waals surface area contributed by atoms with Gasteiger partial charge in [0.25, 0.3) is 0 Å². The molecule has 2 aliphatic rings. The molecule has 0 radical (unpaired) electrons. The minimum Gasteiger partial charge on any atom is -0.359 e. The van der Waals surface area contributed by atoms with Gasteiger partial charge in [0, 0.05) is 41.6 Å². The van der Waals surface area contributed by atoms with Crippen molar-refractivity contribution in [2.24, 2.45) is 9.98 Å². The molecule has 4 nitrogen and oxygen atoms in total. The lowest BCUT2D eigenvalue weighted by Gasteiger charge is -1.96. The first-order valence-corrected chi connectivity index (χ1v) is 7.56. The Morgan fingerprint density at radius 3 is 1.70 bits per heavy atom. The lowest BCUT2D eigenvalue weighted by molar-refractivity contribution is 1.05. The van der Waals surface area contributed by atoms with Gasteiger partial charge in [0.05, 0.1) is 11.4 Å². The Bertz CT molecular complexity index is 795. The fourth-order valence-electron chi connectivity index (χ4n) is 2.61. The molecule has 0 unspecified atom stereocenters. The number of allylic oxidation sites excluding steroid dienone is 4. The van der Waals surface area contributed by atoms with Gasteiger partial charge in [0.15, 0.2) is 0 Å². The summed E-state index contributed by atoms with van der Waals surface area (Å²) in [6.07, 6.45) is 16.4. The molecule has 112 valence electrons. The smallest absolute Gasteiger partial charge is 0.0650 e. The maximum absolute atomic E-state index is 4.25. The molecule has 2 aromatic rings. The highest BCUT2D eigenvalue weighted by Gasteiger charge is 2.03. The highest BCUT2D eigenvalue weighted by molar-refractivity contribution is 5.79. The first-order valence-electron chi connectivity index (χ1n) is 7.56. The van der Waals surface area contributed by atoms with Crippen LogP contribution in [-0.4, -0.2) is 22.4 Å². The number of aromatic amines is 2. The normalized spacial score (nSPS) is 19.0. The standard InChI is InChI=1S/C19H16N4/c1-3-14(20-9-1)11-16-5-7-18(22-16)13-19-8-6-17(23-19)12-15-4-2-10-21-15/h1-12,22-23H,13H2/b14-11+,15-12?. The van der Waals surface area contributed by atoms with Crippen molar-refractivity contribution in [3.63, 3.8) is 0 Å². The van der Waals surface area contributed by atoms with E-state index in [2.05, 4.69) is 44.2 Å². The Hall–Kier alpha value is -3.14. The van der Waals surface area contributed by atoms with Crippen LogP contribution in [0.3, 0.4) is 0 Å². The van der Waals surface area contributed by atoms with Crippen molar-refractivity contribution in [2.45, 2.75) is 6.42 Å². The zero-order valence-corrected chi connectivity index (χ0v) is 12.5. The van der Waals surface area contributed by atoms with Gasteiger partial charge >= 0.3 is 0 Å². The summed E-state index contributed by atoms with van der Waals surface area (Å²) < 4.78 is 0. The third kappa shape index (κ3) is 3.21. The summed E-state index contributed by atoms with van der Waals surface area (Å²) in [5.41, 5.74) is 6.41. The summed E-state index contributed by atoms with van der Waals surface area (Å²) in [6.45, 7) is 0. The summed E-state index contributed by atoms with van der Waals surface area (Å²) in [5, 5.41) is 0. The lowest BCUT2D eigenvalue weighted by atomic mass is 10.2. The van der Waals surface area contributed by atoms with Crippen LogP contribution in [0.2, 0.25) is 0 Å². The van der Waals surface area contributed by atoms with Crippen molar-refractivity contribution >= 4 is 24.6 Å². The maximum atomic E-state index is 4.25. The molecule has 0 aromatic carbocycles. The van der Waals surface area contributed by atoms with Crippen LogP contribution < -0.4 is 0 Å². The molecule has 0 spiro atoms. The molecule has 4 rings (SSSR count). The Balaban J connectivity index is 1.46. The molecule has 0 aliphatic carbocycles. The average Bonchev–Trinajstić information content (AvgIpc) is 3.31. The number of H-pyrrole nitrogens is 2. The van der Waals surface area contributed by atoms with E-state index in [0.29, 0.717) is 0 Å². The molecule has 2 N–H and O–H groups in total. The summed E-state index contributed by atoms with van der Waals surface area (Å²) in [5.74, 6) is 0. The summed E-state index contributed by atoms with van der Waals surface area (Å²) in [6, 6.07) is 8.37. The van der Waals surface area contributed by atoms with Crippen molar-refractivity contribution in [3.05, 3.63) is 82.7 Å². The second-order valence-corrected chi connectivity index (χ2v) is 5.47. The molecule has 4 heterocycles. The summed E-state index contributed by atoms with van der Waals surface area (Å²) >= 11 is 0. The molecule has 0 fully saturated rings. The van der Waals surface area contributed by atoms with Crippen molar-refractivity contribution < 1.29 is 0 Å². The van der Waals surface area contributed by atoms with Crippen LogP contribution in [0.15, 0.2) is 69.9 Å². The summed E-state index contributed by atoms with van der Waals surface area (Å²) in [4.78, 5) is 15.3. The van der Waals surface area contributed by atoms with Gasteiger partial charge in [0.2, 0.25) is 0 Å². The molecular formula is C19H16N4. The fourth-order valence-corrected chi connectivity index (χ4v) is 2.61. The number of nitrogens with one attached hydrogen (secondary N) is 2. The van der Waals surface area contributed by atoms with E-state index in [4.69, 9.17) is 0 Å². The largest absolute Gasteiger partial charge is 0.359 e. The number of hydrogen-bond donors (Lipinski definition) is 2. The van der Waals surface area contributed by atoms with Crippen molar-refractivity contribution in [1.29, 1.82) is 0 Å². The second kappa shape index (κ2) is 5.93. The predicted molar refractivity (Wildman–Crippen MR) is 95.6 cm³/mol. The van der Waals surface area contributed by atoms with Gasteiger partial charge in [-0.3, -0.25) is 9.98 Å². The molecule has 0 saturated heterocycles. The SMILES string of the molecule is C1=CC(=Cc2ccc(Cc3ccc(/C=C4\C=CC=N4)[nH]3)[nH]2)N=C1. The summed E-state index contributed by atoms with van der Waals surface area (Å²) in [7, 11) is 0. The van der Waals surface area contributed by atoms with E-state index in [0.717, 1.165) is 29.2 Å². The quantitative estimate of drug-likeness (QED) is 0.860. The van der Waals surface area contributed by atoms with E-state index in [9.17, 15) is 0 Å². The van der Waals surface area contributed by atoms with Gasteiger partial charge in [0.1, 0.15) is 0 Å². The maximum Gasteiger partial charge on any atom is 0.0650 e. The minimum absolute atomic E-state index is 0.838. The van der Waals surface area contributed by atoms with E-state index in [-0.39, 0.29) is 0 Å². The van der Waals surface area contributed by atoms with Crippen LogP contribution >= 0.6 is 0 Å². The van der Waals surface area contributed by atoms with Crippen LogP contribution in [0.25, 0.3) is 12.2 Å². The van der Waals surface area contributed by atoms with Gasteiger partial charge in [-0.25, -0.2) is 0 Å². The van der Waals surface area contributed by atoms with Gasteiger partial charge in [-0.1, -0.05) is 0 Å². The second-order valence-electron chi connectivity index (χ2n) is 5.47. The van der Waals surface area contributed by atoms with Crippen LogP contribution in [0, 0.1) is 0 Å². The number of hydrogen-bond acceptors (Lipinski definition) is 2. The van der Waals surface area contributed by atoms with Crippen LogP contribution in [-0.2, 0) is 6.42 Å². The van der Waals surface area contributed by atoms with Gasteiger partial charge in [-0.15, -0.1) is 0 Å². The monoisotopic (exact) mass is 300 g/mol. The van der Waals surface area contributed by atoms with E-state index >= 15 is 0 Å². The van der Waals surface area contributed by atoms with E-state index in [1.165, 1.54) is 11.4 Å². The number of aliphatic imine (C=N–C) groups is 2. The number of aromatic nitrogens is 2. The first-order chi connectivity index (χ1) is 11.3. The molecule has 0 atom stereocenters. The molecule has 2 aliphatic heterocycles. The fraction of sp³-hybridized carbons (Fsp3) is 0.0526. The topological polar surface area (TPSA) is 56.3 Å². The predicted octanol–water partition coefficient (Wildman–Crippen LogP) is 3.90. The highest BCUT2D eigenvalue weighted by atomic mass is 14.8. The average molecular weight is 300 g/mol. The Labute approximate surface area is 134 Å². The van der Waals surface area contributed by atoms with Crippen molar-refractivity contribution in [2.75, 3.05) is 0 Å². The lowest BCUT2D eigenvalue weighted by Crippen LogP contribution is -1.89. The molecule has 0 bridgehead atoms. The third-order valence-corrected chi connectivity index (χ3v) is 3.68. The van der Waals surface area contributed by atoms with Gasteiger partial charge in [-0.05, 0) is 60.7 Å². The van der Waals surface area contributed by atoms with Crippen molar-refractivity contribution in [1.82, 2.24) is 9.97 Å². The first kappa shape index (κ1) is 13.5. The molecule has 23 heavy (non-hydrogen) atoms. The molecule has 4 heteroatoms. The Morgan fingerprint density at radius 2 is 1.26 bits per heavy atom. The highest BCUT2D eigenvalue weighted by Crippen LogP contribution is 2.16. The molecular weight excluding hydrogens is 284 g/mol. The van der Waals surface area contributed by atoms with E-state index in [1.807, 2.05) is 36.5 Å². The Morgan fingerprint density at radius 1 is 0.739 bits per heavy atom. The van der Waals surface area contributed by atoms with Crippen molar-refractivity contribution in [3.8, 4) is 0 Å².